The van der Waals surface area contributed by atoms with Crippen molar-refractivity contribution in [3.05, 3.63) is 41.2 Å². The van der Waals surface area contributed by atoms with Crippen LogP contribution in [0.4, 0.5) is 9.93 Å². The smallest absolute Gasteiger partial charge is 0.413 e. The molecule has 2 rings (SSSR count). The largest absolute Gasteiger partial charge is 0.444 e. The lowest BCUT2D eigenvalue weighted by atomic mass is 10.2. The lowest BCUT2D eigenvalue weighted by molar-refractivity contribution is -0.129. The van der Waals surface area contributed by atoms with E-state index >= 15 is 0 Å². The Morgan fingerprint density at radius 1 is 1.10 bits per heavy atom. The number of anilines is 1. The topological polar surface area (TPSA) is 143 Å². The molecular weight excluding hydrogens is 398 g/mol. The first-order chi connectivity index (χ1) is 14.1. The minimum absolute atomic E-state index is 0.108. The summed E-state index contributed by atoms with van der Waals surface area (Å²) in [5.41, 5.74) is 2.95. The fourth-order valence-corrected chi connectivity index (χ4v) is 2.99. The molecule has 0 aliphatic carbocycles. The van der Waals surface area contributed by atoms with E-state index in [0.29, 0.717) is 23.8 Å². The Morgan fingerprint density at radius 3 is 2.66 bits per heavy atom. The number of hydroxylamine groups is 1. The van der Waals surface area contributed by atoms with E-state index in [0.717, 1.165) is 18.4 Å². The summed E-state index contributed by atoms with van der Waals surface area (Å²) in [6.45, 7) is 0.621. The third-order valence-corrected chi connectivity index (χ3v) is 4.56. The summed E-state index contributed by atoms with van der Waals surface area (Å²) in [5.74, 6) is -0.585. The van der Waals surface area contributed by atoms with Gasteiger partial charge in [-0.3, -0.25) is 25.1 Å². The molecule has 2 aromatic heterocycles. The van der Waals surface area contributed by atoms with Gasteiger partial charge in [-0.05, 0) is 30.5 Å². The molecule has 0 fully saturated rings. The van der Waals surface area contributed by atoms with Gasteiger partial charge in [-0.1, -0.05) is 6.42 Å². The zero-order valence-corrected chi connectivity index (χ0v) is 16.5. The fourth-order valence-electron chi connectivity index (χ4n) is 2.29. The van der Waals surface area contributed by atoms with E-state index in [2.05, 4.69) is 20.6 Å². The third kappa shape index (κ3) is 9.12. The van der Waals surface area contributed by atoms with Crippen LogP contribution < -0.4 is 16.1 Å². The van der Waals surface area contributed by atoms with Crippen LogP contribution in [-0.4, -0.2) is 39.6 Å². The van der Waals surface area contributed by atoms with Gasteiger partial charge in [-0.25, -0.2) is 15.3 Å². The highest BCUT2D eigenvalue weighted by atomic mass is 32.1. The number of carbonyl (C=O) groups is 3. The van der Waals surface area contributed by atoms with Crippen molar-refractivity contribution in [2.75, 3.05) is 11.9 Å². The highest BCUT2D eigenvalue weighted by molar-refractivity contribution is 7.13. The van der Waals surface area contributed by atoms with Crippen LogP contribution >= 0.6 is 11.3 Å². The Labute approximate surface area is 171 Å². The molecule has 0 atom stereocenters. The van der Waals surface area contributed by atoms with Crippen molar-refractivity contribution in [2.45, 2.75) is 38.7 Å². The van der Waals surface area contributed by atoms with E-state index in [9.17, 15) is 14.4 Å². The molecule has 4 N–H and O–H groups in total. The molecule has 156 valence electrons. The average molecular weight is 421 g/mol. The third-order valence-electron chi connectivity index (χ3n) is 3.75. The summed E-state index contributed by atoms with van der Waals surface area (Å²) < 4.78 is 5.10. The second-order valence-corrected chi connectivity index (χ2v) is 6.93. The van der Waals surface area contributed by atoms with Gasteiger partial charge in [-0.15, -0.1) is 11.3 Å². The molecule has 3 amide bonds. The van der Waals surface area contributed by atoms with Crippen LogP contribution in [-0.2, 0) is 27.4 Å². The van der Waals surface area contributed by atoms with Crippen LogP contribution in [0.5, 0.6) is 0 Å². The zero-order chi connectivity index (χ0) is 20.9. The fraction of sp³-hybridized carbons (Fsp3) is 0.389. The number of rotatable bonds is 11. The standard InChI is InChI=1S/C18H23N5O5S/c24-15(23-27)4-2-1-3-7-20-16(25)10-14-12-29-17(21-14)22-18(26)28-11-13-5-8-19-9-6-13/h5-6,8-9,12,27H,1-4,7,10-11H2,(H,20,25)(H,23,24)(H,21,22,26). The maximum atomic E-state index is 11.9. The molecule has 2 aromatic rings. The van der Waals surface area contributed by atoms with Gasteiger partial charge in [0.25, 0.3) is 0 Å². The van der Waals surface area contributed by atoms with Crippen LogP contribution in [0.25, 0.3) is 0 Å². The van der Waals surface area contributed by atoms with Crippen molar-refractivity contribution in [3.8, 4) is 0 Å². The second kappa shape index (κ2) is 12.4. The highest BCUT2D eigenvalue weighted by Crippen LogP contribution is 2.16. The number of carbonyl (C=O) groups excluding carboxylic acids is 3. The number of nitrogens with one attached hydrogen (secondary N) is 3. The molecule has 0 bridgehead atoms. The number of ether oxygens (including phenoxy) is 1. The first kappa shape index (κ1) is 22.2. The first-order valence-electron chi connectivity index (χ1n) is 9.03. The van der Waals surface area contributed by atoms with Crippen LogP contribution in [0, 0.1) is 0 Å². The number of amides is 3. The van der Waals surface area contributed by atoms with Crippen molar-refractivity contribution >= 4 is 34.4 Å². The predicted octanol–water partition coefficient (Wildman–Crippen LogP) is 2.01. The minimum atomic E-state index is -0.623. The van der Waals surface area contributed by atoms with Crippen molar-refractivity contribution in [2.24, 2.45) is 0 Å². The van der Waals surface area contributed by atoms with E-state index < -0.39 is 12.0 Å². The second-order valence-electron chi connectivity index (χ2n) is 6.07. The normalized spacial score (nSPS) is 10.2. The van der Waals surface area contributed by atoms with E-state index in [1.165, 1.54) is 11.3 Å². The lowest BCUT2D eigenvalue weighted by Gasteiger charge is -2.05. The number of unbranched alkanes of at least 4 members (excludes halogenated alkanes) is 2. The molecular formula is C18H23N5O5S. The predicted molar refractivity (Wildman–Crippen MR) is 105 cm³/mol. The van der Waals surface area contributed by atoms with E-state index in [4.69, 9.17) is 9.94 Å². The molecule has 0 spiro atoms. The zero-order valence-electron chi connectivity index (χ0n) is 15.7. The lowest BCUT2D eigenvalue weighted by Crippen LogP contribution is -2.26. The van der Waals surface area contributed by atoms with Gasteiger partial charge >= 0.3 is 6.09 Å². The van der Waals surface area contributed by atoms with Gasteiger partial charge in [0, 0.05) is 30.7 Å². The van der Waals surface area contributed by atoms with Gasteiger partial charge in [0.05, 0.1) is 12.1 Å². The number of aromatic nitrogens is 2. The van der Waals surface area contributed by atoms with E-state index in [1.807, 2.05) is 0 Å². The molecule has 0 aliphatic rings. The number of pyridine rings is 1. The number of hydrogen-bond donors (Lipinski definition) is 4. The quantitative estimate of drug-likeness (QED) is 0.247. The van der Waals surface area contributed by atoms with Crippen molar-refractivity contribution in [1.29, 1.82) is 0 Å². The number of hydrogen-bond acceptors (Lipinski definition) is 8. The van der Waals surface area contributed by atoms with Gasteiger partial charge in [0.1, 0.15) is 6.61 Å². The minimum Gasteiger partial charge on any atom is -0.444 e. The van der Waals surface area contributed by atoms with Gasteiger partial charge in [-0.2, -0.15) is 0 Å². The van der Waals surface area contributed by atoms with Gasteiger partial charge < -0.3 is 10.1 Å². The molecule has 0 radical (unpaired) electrons. The first-order valence-corrected chi connectivity index (χ1v) is 9.91. The van der Waals surface area contributed by atoms with E-state index in [-0.39, 0.29) is 25.4 Å². The summed E-state index contributed by atoms with van der Waals surface area (Å²) in [4.78, 5) is 42.7. The van der Waals surface area contributed by atoms with Crippen molar-refractivity contribution < 1.29 is 24.3 Å². The Kier molecular flexibility index (Phi) is 9.52. The maximum absolute atomic E-state index is 11.9. The van der Waals surface area contributed by atoms with Crippen molar-refractivity contribution in [3.63, 3.8) is 0 Å². The Hall–Kier alpha value is -3.05. The molecule has 0 aromatic carbocycles. The Bertz CT molecular complexity index is 799. The van der Waals surface area contributed by atoms with Crippen LogP contribution in [0.2, 0.25) is 0 Å². The molecule has 2 heterocycles. The molecule has 0 aliphatic heterocycles. The molecule has 29 heavy (non-hydrogen) atoms. The number of thiazole rings is 1. The summed E-state index contributed by atoms with van der Waals surface area (Å²) in [5, 5.41) is 15.8. The Morgan fingerprint density at radius 2 is 1.90 bits per heavy atom. The molecule has 0 unspecified atom stereocenters. The highest BCUT2D eigenvalue weighted by Gasteiger charge is 2.10. The van der Waals surface area contributed by atoms with E-state index in [1.54, 1.807) is 35.4 Å². The van der Waals surface area contributed by atoms with Crippen LogP contribution in [0.15, 0.2) is 29.9 Å². The maximum Gasteiger partial charge on any atom is 0.413 e. The summed E-state index contributed by atoms with van der Waals surface area (Å²) >= 11 is 1.21. The van der Waals surface area contributed by atoms with Gasteiger partial charge in [0.2, 0.25) is 11.8 Å². The average Bonchev–Trinajstić information content (AvgIpc) is 3.16. The monoisotopic (exact) mass is 421 g/mol. The summed E-state index contributed by atoms with van der Waals surface area (Å²) in [6.07, 6.45) is 5.11. The molecule has 10 nitrogen and oxygen atoms in total. The SMILES string of the molecule is O=C(CCCCCNC(=O)Cc1csc(NC(=O)OCc2ccncc2)n1)NO. The van der Waals surface area contributed by atoms with Crippen LogP contribution in [0.3, 0.4) is 0 Å². The molecule has 0 saturated heterocycles. The summed E-state index contributed by atoms with van der Waals surface area (Å²) in [6, 6.07) is 3.50. The van der Waals surface area contributed by atoms with Gasteiger partial charge in [0.15, 0.2) is 5.13 Å². The summed E-state index contributed by atoms with van der Waals surface area (Å²) in [7, 11) is 0. The number of nitrogens with zero attached hydrogens (tertiary/aromatic N) is 2. The molecule has 0 saturated carbocycles. The van der Waals surface area contributed by atoms with Crippen LogP contribution in [0.1, 0.15) is 36.9 Å². The molecule has 11 heteroatoms. The van der Waals surface area contributed by atoms with Crippen molar-refractivity contribution in [1.82, 2.24) is 20.8 Å². The Balaban J connectivity index is 1.61.